The Hall–Kier alpha value is -3.61. The zero-order chi connectivity index (χ0) is 25.6. The standard InChI is InChI=1S/C29H31N7O.Al/c1-21-5-10-25(18-27(21)34-29-31-13-11-26(33-29)24-4-3-12-30-19-24)32-28(37)23-8-6-22(7-9-23)20-36-16-14-35(2)15-17-36;/h3-13,18-19H,14-17,20H2,1-2H3,(H,32,37)(H,31,33,34);. The minimum atomic E-state index is -0.143. The van der Waals surface area contributed by atoms with E-state index in [1.807, 2.05) is 67.6 Å². The van der Waals surface area contributed by atoms with Crippen molar-refractivity contribution in [3.8, 4) is 11.3 Å². The molecule has 0 unspecified atom stereocenters. The summed E-state index contributed by atoms with van der Waals surface area (Å²) in [6, 6.07) is 19.3. The number of hydrogen-bond acceptors (Lipinski definition) is 7. The number of benzene rings is 2. The molecule has 8 nitrogen and oxygen atoms in total. The fourth-order valence-electron chi connectivity index (χ4n) is 4.28. The van der Waals surface area contributed by atoms with Crippen LogP contribution in [-0.4, -0.2) is 81.2 Å². The number of carbonyl (C=O) groups excluding carboxylic acids is 1. The maximum absolute atomic E-state index is 12.9. The third-order valence-corrected chi connectivity index (χ3v) is 6.57. The predicted octanol–water partition coefficient (Wildman–Crippen LogP) is 4.21. The lowest BCUT2D eigenvalue weighted by atomic mass is 10.1. The Kier molecular flexibility index (Phi) is 9.21. The van der Waals surface area contributed by atoms with E-state index in [4.69, 9.17) is 0 Å². The zero-order valence-corrected chi connectivity index (χ0v) is 22.9. The van der Waals surface area contributed by atoms with Crippen LogP contribution in [0.2, 0.25) is 0 Å². The maximum Gasteiger partial charge on any atom is 0.255 e. The van der Waals surface area contributed by atoms with E-state index in [0.29, 0.717) is 17.2 Å². The molecular weight excluding hydrogens is 489 g/mol. The van der Waals surface area contributed by atoms with Crippen molar-refractivity contribution in [1.82, 2.24) is 24.8 Å². The summed E-state index contributed by atoms with van der Waals surface area (Å²) >= 11 is 0. The summed E-state index contributed by atoms with van der Waals surface area (Å²) in [5.41, 5.74) is 6.08. The molecule has 3 radical (unpaired) electrons. The molecule has 191 valence electrons. The molecule has 4 aromatic rings. The number of aryl methyl sites for hydroxylation is 1. The number of aromatic nitrogens is 3. The first-order valence-corrected chi connectivity index (χ1v) is 12.5. The first-order valence-electron chi connectivity index (χ1n) is 12.5. The second kappa shape index (κ2) is 12.8. The lowest BCUT2D eigenvalue weighted by Gasteiger charge is -2.32. The van der Waals surface area contributed by atoms with Crippen LogP contribution in [0.25, 0.3) is 11.3 Å². The van der Waals surface area contributed by atoms with Gasteiger partial charge in [0.05, 0.1) is 5.69 Å². The summed E-state index contributed by atoms with van der Waals surface area (Å²) < 4.78 is 0. The second-order valence-corrected chi connectivity index (χ2v) is 9.39. The minimum absolute atomic E-state index is 0. The molecule has 1 amide bonds. The predicted molar refractivity (Wildman–Crippen MR) is 153 cm³/mol. The number of rotatable bonds is 7. The van der Waals surface area contributed by atoms with Gasteiger partial charge in [-0.3, -0.25) is 14.7 Å². The quantitative estimate of drug-likeness (QED) is 0.353. The number of amides is 1. The zero-order valence-electron chi connectivity index (χ0n) is 21.8. The van der Waals surface area contributed by atoms with Crippen LogP contribution >= 0.6 is 0 Å². The average Bonchev–Trinajstić information content (AvgIpc) is 2.93. The largest absolute Gasteiger partial charge is 0.324 e. The van der Waals surface area contributed by atoms with Crippen LogP contribution in [0.3, 0.4) is 0 Å². The number of anilines is 3. The Morgan fingerprint density at radius 1 is 0.974 bits per heavy atom. The van der Waals surface area contributed by atoms with Gasteiger partial charge in [-0.1, -0.05) is 18.2 Å². The highest BCUT2D eigenvalue weighted by molar-refractivity contribution is 6.04. The van der Waals surface area contributed by atoms with Gasteiger partial charge in [-0.2, -0.15) is 0 Å². The Morgan fingerprint density at radius 2 is 1.76 bits per heavy atom. The number of nitrogens with zero attached hydrogens (tertiary/aromatic N) is 5. The normalized spacial score (nSPS) is 13.9. The topological polar surface area (TPSA) is 86.3 Å². The third kappa shape index (κ3) is 7.03. The number of carbonyl (C=O) groups is 1. The highest BCUT2D eigenvalue weighted by atomic mass is 27.0. The van der Waals surface area contributed by atoms with E-state index in [-0.39, 0.29) is 23.3 Å². The van der Waals surface area contributed by atoms with Gasteiger partial charge in [-0.15, -0.1) is 0 Å². The van der Waals surface area contributed by atoms with Gasteiger partial charge in [0.15, 0.2) is 0 Å². The first-order chi connectivity index (χ1) is 18.0. The van der Waals surface area contributed by atoms with Crippen molar-refractivity contribution in [3.63, 3.8) is 0 Å². The van der Waals surface area contributed by atoms with E-state index in [0.717, 1.165) is 55.2 Å². The van der Waals surface area contributed by atoms with E-state index in [1.54, 1.807) is 18.6 Å². The Morgan fingerprint density at radius 3 is 2.50 bits per heavy atom. The number of pyridine rings is 1. The maximum atomic E-state index is 12.9. The molecule has 2 N–H and O–H groups in total. The molecule has 1 aliphatic rings. The lowest BCUT2D eigenvalue weighted by Crippen LogP contribution is -2.43. The summed E-state index contributed by atoms with van der Waals surface area (Å²) in [7, 11) is 2.16. The van der Waals surface area contributed by atoms with Crippen molar-refractivity contribution in [2.75, 3.05) is 43.9 Å². The number of piperazine rings is 1. The van der Waals surface area contributed by atoms with E-state index in [9.17, 15) is 4.79 Å². The molecule has 5 rings (SSSR count). The average molecular weight is 521 g/mol. The molecule has 0 atom stereocenters. The summed E-state index contributed by atoms with van der Waals surface area (Å²) in [6.07, 6.45) is 5.22. The van der Waals surface area contributed by atoms with Gasteiger partial charge in [0.1, 0.15) is 0 Å². The van der Waals surface area contributed by atoms with Crippen LogP contribution in [0.15, 0.2) is 79.3 Å². The molecule has 0 spiro atoms. The van der Waals surface area contributed by atoms with Crippen molar-refractivity contribution in [2.24, 2.45) is 0 Å². The first kappa shape index (κ1) is 27.4. The summed E-state index contributed by atoms with van der Waals surface area (Å²) in [5.74, 6) is 0.333. The molecule has 38 heavy (non-hydrogen) atoms. The molecule has 3 heterocycles. The van der Waals surface area contributed by atoms with Gasteiger partial charge in [0, 0.05) is 91.2 Å². The van der Waals surface area contributed by atoms with Crippen LogP contribution in [0.1, 0.15) is 21.5 Å². The second-order valence-electron chi connectivity index (χ2n) is 9.39. The van der Waals surface area contributed by atoms with Crippen LogP contribution in [0, 0.1) is 6.92 Å². The molecule has 0 saturated carbocycles. The number of nitrogens with one attached hydrogen (secondary N) is 2. The Labute approximate surface area is 234 Å². The number of likely N-dealkylation sites (N-methyl/N-ethyl adjacent to an activating group) is 1. The highest BCUT2D eigenvalue weighted by Gasteiger charge is 2.14. The molecule has 1 saturated heterocycles. The van der Waals surface area contributed by atoms with E-state index in [2.05, 4.69) is 42.4 Å². The Balaban J connectivity index is 0.00000336. The van der Waals surface area contributed by atoms with E-state index >= 15 is 0 Å². The van der Waals surface area contributed by atoms with Crippen molar-refractivity contribution in [2.45, 2.75) is 13.5 Å². The van der Waals surface area contributed by atoms with Gasteiger partial charge in [0.2, 0.25) is 5.95 Å². The molecule has 2 aromatic heterocycles. The fraction of sp³-hybridized carbons (Fsp3) is 0.241. The molecule has 2 aromatic carbocycles. The monoisotopic (exact) mass is 520 g/mol. The molecule has 1 fully saturated rings. The van der Waals surface area contributed by atoms with Crippen LogP contribution in [-0.2, 0) is 6.54 Å². The van der Waals surface area contributed by atoms with Gasteiger partial charge in [0.25, 0.3) is 5.91 Å². The van der Waals surface area contributed by atoms with Gasteiger partial charge in [-0.25, -0.2) is 9.97 Å². The molecular formula is C29H31AlN7O. The smallest absolute Gasteiger partial charge is 0.255 e. The van der Waals surface area contributed by atoms with Gasteiger partial charge < -0.3 is 15.5 Å². The Bertz CT molecular complexity index is 1360. The van der Waals surface area contributed by atoms with Crippen LogP contribution < -0.4 is 10.6 Å². The third-order valence-electron chi connectivity index (χ3n) is 6.57. The molecule has 0 bridgehead atoms. The SMILES string of the molecule is Cc1ccc(NC(=O)c2ccc(CN3CCN(C)CC3)cc2)cc1Nc1nccc(-c2cccnc2)n1.[Al]. The van der Waals surface area contributed by atoms with Crippen molar-refractivity contribution < 1.29 is 4.79 Å². The van der Waals surface area contributed by atoms with Crippen molar-refractivity contribution >= 4 is 40.6 Å². The molecule has 1 aliphatic heterocycles. The fourth-order valence-corrected chi connectivity index (χ4v) is 4.28. The van der Waals surface area contributed by atoms with E-state index < -0.39 is 0 Å². The highest BCUT2D eigenvalue weighted by Crippen LogP contribution is 2.24. The van der Waals surface area contributed by atoms with Gasteiger partial charge >= 0.3 is 0 Å². The number of hydrogen-bond donors (Lipinski definition) is 2. The van der Waals surface area contributed by atoms with Crippen LogP contribution in [0.5, 0.6) is 0 Å². The van der Waals surface area contributed by atoms with Crippen LogP contribution in [0.4, 0.5) is 17.3 Å². The minimum Gasteiger partial charge on any atom is -0.324 e. The van der Waals surface area contributed by atoms with Crippen molar-refractivity contribution in [3.05, 3.63) is 95.9 Å². The summed E-state index contributed by atoms with van der Waals surface area (Å²) in [4.78, 5) is 30.9. The summed E-state index contributed by atoms with van der Waals surface area (Å²) in [5, 5.41) is 6.29. The van der Waals surface area contributed by atoms with Crippen molar-refractivity contribution in [1.29, 1.82) is 0 Å². The summed E-state index contributed by atoms with van der Waals surface area (Å²) in [6.45, 7) is 7.24. The van der Waals surface area contributed by atoms with Gasteiger partial charge in [-0.05, 0) is 67.6 Å². The molecule has 9 heteroatoms. The molecule has 0 aliphatic carbocycles. The van der Waals surface area contributed by atoms with E-state index in [1.165, 1.54) is 5.56 Å². The lowest BCUT2D eigenvalue weighted by molar-refractivity contribution is 0.102.